The molecule has 1 aliphatic heterocycles. The molecule has 3 aromatic rings. The number of rotatable bonds is 7. The first-order valence-corrected chi connectivity index (χ1v) is 10.1. The normalized spacial score (nSPS) is 15.2. The molecule has 0 amide bonds. The average Bonchev–Trinajstić information content (AvgIpc) is 3.23. The molecule has 12 heteroatoms. The fourth-order valence-corrected chi connectivity index (χ4v) is 2.99. The molecule has 1 fully saturated rings. The number of imidazole rings is 1. The third-order valence-corrected chi connectivity index (χ3v) is 4.73. The third kappa shape index (κ3) is 5.20. The first-order valence-electron chi connectivity index (χ1n) is 10.1. The van der Waals surface area contributed by atoms with Crippen LogP contribution in [0.1, 0.15) is 38.7 Å². The first kappa shape index (κ1) is 20.8. The molecule has 4 rings (SSSR count). The van der Waals surface area contributed by atoms with Gasteiger partial charge in [-0.3, -0.25) is 0 Å². The number of halogens is 1. The zero-order chi connectivity index (χ0) is 21.8. The Morgan fingerprint density at radius 2 is 1.71 bits per heavy atom. The van der Waals surface area contributed by atoms with Crippen LogP contribution in [0.25, 0.3) is 0 Å². The van der Waals surface area contributed by atoms with E-state index in [-0.39, 0.29) is 6.04 Å². The monoisotopic (exact) mass is 428 g/mol. The van der Waals surface area contributed by atoms with Crippen LogP contribution < -0.4 is 15.5 Å². The SMILES string of the molecule is CC(C)n1cnc(Nc2nc(N[C@@H](C)c3ncc(F)cn3)nc(N3CCOCC3)n2)c1. The molecule has 2 N–H and O–H groups in total. The van der Waals surface area contributed by atoms with Gasteiger partial charge in [-0.05, 0) is 20.8 Å². The molecule has 1 atom stereocenters. The molecular formula is C19H25FN10O. The summed E-state index contributed by atoms with van der Waals surface area (Å²) in [6.45, 7) is 8.58. The predicted octanol–water partition coefficient (Wildman–Crippen LogP) is 2.33. The molecule has 0 saturated carbocycles. The highest BCUT2D eigenvalue weighted by Crippen LogP contribution is 2.21. The van der Waals surface area contributed by atoms with E-state index in [2.05, 4.69) is 54.4 Å². The second-order valence-electron chi connectivity index (χ2n) is 7.43. The van der Waals surface area contributed by atoms with Crippen LogP contribution in [-0.2, 0) is 4.74 Å². The molecule has 1 saturated heterocycles. The van der Waals surface area contributed by atoms with Gasteiger partial charge in [0, 0.05) is 25.3 Å². The Hall–Kier alpha value is -3.41. The molecule has 164 valence electrons. The van der Waals surface area contributed by atoms with Crippen LogP contribution in [0.15, 0.2) is 24.9 Å². The van der Waals surface area contributed by atoms with Crippen molar-refractivity contribution in [2.24, 2.45) is 0 Å². The molecule has 4 heterocycles. The Labute approximate surface area is 179 Å². The Morgan fingerprint density at radius 3 is 2.39 bits per heavy atom. The summed E-state index contributed by atoms with van der Waals surface area (Å²) in [7, 11) is 0. The maximum atomic E-state index is 13.1. The number of aromatic nitrogens is 7. The van der Waals surface area contributed by atoms with Crippen molar-refractivity contribution >= 4 is 23.7 Å². The third-order valence-electron chi connectivity index (χ3n) is 4.73. The Balaban J connectivity index is 1.59. The lowest BCUT2D eigenvalue weighted by molar-refractivity contribution is 0.122. The van der Waals surface area contributed by atoms with Gasteiger partial charge in [0.15, 0.2) is 11.6 Å². The van der Waals surface area contributed by atoms with Crippen molar-refractivity contribution in [3.05, 3.63) is 36.6 Å². The molecule has 11 nitrogen and oxygen atoms in total. The van der Waals surface area contributed by atoms with E-state index in [9.17, 15) is 4.39 Å². The largest absolute Gasteiger partial charge is 0.378 e. The maximum Gasteiger partial charge on any atom is 0.235 e. The lowest BCUT2D eigenvalue weighted by Gasteiger charge is -2.27. The van der Waals surface area contributed by atoms with Gasteiger partial charge in [0.2, 0.25) is 17.8 Å². The minimum atomic E-state index is -0.488. The molecule has 0 radical (unpaired) electrons. The highest BCUT2D eigenvalue weighted by molar-refractivity contribution is 5.52. The van der Waals surface area contributed by atoms with Gasteiger partial charge in [0.25, 0.3) is 0 Å². The molecule has 0 aromatic carbocycles. The second kappa shape index (κ2) is 9.16. The Kier molecular flexibility index (Phi) is 6.16. The molecule has 0 unspecified atom stereocenters. The van der Waals surface area contributed by atoms with Crippen LogP contribution in [0.5, 0.6) is 0 Å². The standard InChI is InChI=1S/C19H25FN10O/c1-12(2)30-10-15(23-11-30)25-18-26-17(24-13(3)16-21-8-14(20)9-22-16)27-19(28-18)29-4-6-31-7-5-29/h8-13H,4-7H2,1-3H3,(H2,24,25,26,27,28)/t13-/m0/s1. The second-order valence-corrected chi connectivity index (χ2v) is 7.43. The number of ether oxygens (including phenoxy) is 1. The van der Waals surface area contributed by atoms with Gasteiger partial charge in [-0.2, -0.15) is 15.0 Å². The van der Waals surface area contributed by atoms with Gasteiger partial charge in [-0.1, -0.05) is 0 Å². The molecule has 0 spiro atoms. The zero-order valence-corrected chi connectivity index (χ0v) is 17.7. The summed E-state index contributed by atoms with van der Waals surface area (Å²) < 4.78 is 20.6. The molecule has 31 heavy (non-hydrogen) atoms. The molecule has 0 bridgehead atoms. The van der Waals surface area contributed by atoms with Crippen LogP contribution in [0.3, 0.4) is 0 Å². The topological polar surface area (TPSA) is 119 Å². The van der Waals surface area contributed by atoms with Crippen molar-refractivity contribution in [1.82, 2.24) is 34.5 Å². The number of nitrogens with one attached hydrogen (secondary N) is 2. The highest BCUT2D eigenvalue weighted by atomic mass is 19.1. The van der Waals surface area contributed by atoms with E-state index in [1.807, 2.05) is 22.6 Å². The number of hydrogen-bond acceptors (Lipinski definition) is 10. The van der Waals surface area contributed by atoms with Crippen molar-refractivity contribution in [3.63, 3.8) is 0 Å². The van der Waals surface area contributed by atoms with E-state index in [0.717, 1.165) is 12.4 Å². The van der Waals surface area contributed by atoms with Crippen molar-refractivity contribution in [1.29, 1.82) is 0 Å². The van der Waals surface area contributed by atoms with Crippen LogP contribution in [0.4, 0.5) is 28.1 Å². The van der Waals surface area contributed by atoms with Crippen molar-refractivity contribution in [2.45, 2.75) is 32.9 Å². The lowest BCUT2D eigenvalue weighted by Crippen LogP contribution is -2.37. The van der Waals surface area contributed by atoms with Gasteiger partial charge >= 0.3 is 0 Å². The maximum absolute atomic E-state index is 13.1. The summed E-state index contributed by atoms with van der Waals surface area (Å²) >= 11 is 0. The van der Waals surface area contributed by atoms with Gasteiger partial charge in [0.05, 0.1) is 38.0 Å². The predicted molar refractivity (Wildman–Crippen MR) is 113 cm³/mol. The van der Waals surface area contributed by atoms with E-state index in [0.29, 0.717) is 61.8 Å². The van der Waals surface area contributed by atoms with Gasteiger partial charge in [0.1, 0.15) is 5.82 Å². The Bertz CT molecular complexity index is 1000. The van der Waals surface area contributed by atoms with E-state index in [1.165, 1.54) is 0 Å². The number of anilines is 4. The van der Waals surface area contributed by atoms with Crippen LogP contribution in [-0.4, -0.2) is 60.8 Å². The van der Waals surface area contributed by atoms with Crippen molar-refractivity contribution in [2.75, 3.05) is 41.8 Å². The van der Waals surface area contributed by atoms with Gasteiger partial charge in [-0.15, -0.1) is 0 Å². The summed E-state index contributed by atoms with van der Waals surface area (Å²) in [6, 6.07) is -0.0485. The minimum Gasteiger partial charge on any atom is -0.378 e. The van der Waals surface area contributed by atoms with Crippen LogP contribution in [0.2, 0.25) is 0 Å². The molecule has 0 aliphatic carbocycles. The lowest BCUT2D eigenvalue weighted by atomic mass is 10.3. The van der Waals surface area contributed by atoms with Crippen molar-refractivity contribution in [3.8, 4) is 0 Å². The van der Waals surface area contributed by atoms with Crippen LogP contribution in [0, 0.1) is 5.82 Å². The summed E-state index contributed by atoms with van der Waals surface area (Å²) in [4.78, 5) is 28.0. The minimum absolute atomic E-state index is 0.291. The molecule has 1 aliphatic rings. The van der Waals surface area contributed by atoms with E-state index >= 15 is 0 Å². The van der Waals surface area contributed by atoms with Crippen molar-refractivity contribution < 1.29 is 9.13 Å². The fourth-order valence-electron chi connectivity index (χ4n) is 2.99. The quantitative estimate of drug-likeness (QED) is 0.580. The van der Waals surface area contributed by atoms with Gasteiger partial charge < -0.3 is 24.8 Å². The fraction of sp³-hybridized carbons (Fsp3) is 0.474. The number of nitrogens with zero attached hydrogens (tertiary/aromatic N) is 8. The van der Waals surface area contributed by atoms with E-state index in [4.69, 9.17) is 4.74 Å². The average molecular weight is 428 g/mol. The molecule has 3 aromatic heterocycles. The summed E-state index contributed by atoms with van der Waals surface area (Å²) in [5.74, 6) is 1.81. The van der Waals surface area contributed by atoms with Gasteiger partial charge in [-0.25, -0.2) is 19.3 Å². The smallest absolute Gasteiger partial charge is 0.235 e. The summed E-state index contributed by atoms with van der Waals surface area (Å²) in [5, 5.41) is 6.32. The van der Waals surface area contributed by atoms with E-state index in [1.54, 1.807) is 6.33 Å². The summed E-state index contributed by atoms with van der Waals surface area (Å²) in [6.07, 6.45) is 5.91. The number of morpholine rings is 1. The van der Waals surface area contributed by atoms with E-state index < -0.39 is 5.82 Å². The summed E-state index contributed by atoms with van der Waals surface area (Å²) in [5.41, 5.74) is 0. The Morgan fingerprint density at radius 1 is 1.00 bits per heavy atom. The number of hydrogen-bond donors (Lipinski definition) is 2. The zero-order valence-electron chi connectivity index (χ0n) is 17.7. The van der Waals surface area contributed by atoms with Crippen LogP contribution >= 0.6 is 0 Å². The first-order chi connectivity index (χ1) is 15.0. The molecular weight excluding hydrogens is 403 g/mol. The highest BCUT2D eigenvalue weighted by Gasteiger charge is 2.19.